The highest BCUT2D eigenvalue weighted by Gasteiger charge is 2.42. The van der Waals surface area contributed by atoms with Gasteiger partial charge in [-0.15, -0.1) is 11.8 Å². The van der Waals surface area contributed by atoms with Gasteiger partial charge >= 0.3 is 24.0 Å². The summed E-state index contributed by atoms with van der Waals surface area (Å²) in [4.78, 5) is 29.6. The quantitative estimate of drug-likeness (QED) is 0.0870. The molecule has 0 aliphatic carbocycles. The third-order valence-electron chi connectivity index (χ3n) is 6.52. The number of thioether (sulfide) groups is 1. The first-order chi connectivity index (χ1) is 23.3. The van der Waals surface area contributed by atoms with Crippen molar-refractivity contribution in [1.29, 1.82) is 0 Å². The van der Waals surface area contributed by atoms with Gasteiger partial charge < -0.3 is 14.2 Å². The van der Waals surface area contributed by atoms with Gasteiger partial charge in [0, 0.05) is 30.0 Å². The van der Waals surface area contributed by atoms with Crippen molar-refractivity contribution in [3.63, 3.8) is 0 Å². The van der Waals surface area contributed by atoms with Gasteiger partial charge in [-0.1, -0.05) is 25.4 Å². The van der Waals surface area contributed by atoms with Crippen LogP contribution in [0.25, 0.3) is 0 Å². The molecule has 0 atom stereocenters. The first kappa shape index (κ1) is 40.2. The molecule has 2 aromatic carbocycles. The van der Waals surface area contributed by atoms with Gasteiger partial charge in [-0.2, -0.15) is 26.3 Å². The summed E-state index contributed by atoms with van der Waals surface area (Å²) in [6, 6.07) is 6.40. The molecule has 4 rings (SSSR count). The van der Waals surface area contributed by atoms with Crippen molar-refractivity contribution in [3.05, 3.63) is 85.2 Å². The zero-order valence-corrected chi connectivity index (χ0v) is 28.1. The third-order valence-corrected chi connectivity index (χ3v) is 7.81. The lowest BCUT2D eigenvalue weighted by molar-refractivity contribution is -0.385. The Hall–Kier alpha value is -4.19. The van der Waals surface area contributed by atoms with Gasteiger partial charge in [-0.05, 0) is 49.1 Å². The van der Waals surface area contributed by atoms with Gasteiger partial charge in [0.05, 0.1) is 34.8 Å². The summed E-state index contributed by atoms with van der Waals surface area (Å²) < 4.78 is 121. The highest BCUT2D eigenvalue weighted by molar-refractivity contribution is 8.14. The van der Waals surface area contributed by atoms with Crippen molar-refractivity contribution in [2.24, 2.45) is 10.9 Å². The van der Waals surface area contributed by atoms with E-state index in [4.69, 9.17) is 21.1 Å². The average molecular weight is 758 g/mol. The van der Waals surface area contributed by atoms with Crippen LogP contribution in [0.4, 0.5) is 40.8 Å². The fourth-order valence-corrected chi connectivity index (χ4v) is 5.69. The number of aromatic nitrogens is 1. The topological polar surface area (TPSA) is 113 Å². The molecule has 0 radical (unpaired) electrons. The number of ether oxygens (including phenoxy) is 3. The number of hydrogen-bond acceptors (Lipinski definition) is 9. The molecule has 3 aromatic rings. The number of carbonyl (C=O) groups excluding carboxylic acids is 1. The van der Waals surface area contributed by atoms with E-state index in [1.165, 1.54) is 18.2 Å². The van der Waals surface area contributed by atoms with Crippen LogP contribution in [0.1, 0.15) is 65.6 Å². The smallest absolute Gasteiger partial charge is 0.434 e. The first-order valence-corrected chi connectivity index (χ1v) is 15.8. The lowest BCUT2D eigenvalue weighted by Crippen LogP contribution is -2.24. The summed E-state index contributed by atoms with van der Waals surface area (Å²) >= 11 is 6.88. The Morgan fingerprint density at radius 3 is 2.22 bits per heavy atom. The molecule has 50 heavy (non-hydrogen) atoms. The molecule has 2 heterocycles. The lowest BCUT2D eigenvalue weighted by Gasteiger charge is -2.22. The summed E-state index contributed by atoms with van der Waals surface area (Å²) in [5.41, 5.74) is -4.94. The number of halogens is 9. The molecule has 0 unspecified atom stereocenters. The molecular formula is C31H28ClF8N3O6S. The van der Waals surface area contributed by atoms with E-state index >= 15 is 0 Å². The van der Waals surface area contributed by atoms with Gasteiger partial charge in [0.2, 0.25) is 5.75 Å². The van der Waals surface area contributed by atoms with Crippen molar-refractivity contribution in [2.45, 2.75) is 46.0 Å². The van der Waals surface area contributed by atoms with Crippen LogP contribution in [-0.2, 0) is 23.5 Å². The Kier molecular flexibility index (Phi) is 13.4. The monoisotopic (exact) mass is 757 g/mol. The number of pyridine rings is 1. The van der Waals surface area contributed by atoms with Crippen LogP contribution < -0.4 is 9.47 Å². The number of rotatable bonds is 10. The molecule has 0 bridgehead atoms. The molecule has 1 aliphatic rings. The molecule has 9 nitrogen and oxygen atoms in total. The summed E-state index contributed by atoms with van der Waals surface area (Å²) in [6.07, 6.45) is -12.9. The Labute approximate surface area is 289 Å². The van der Waals surface area contributed by atoms with Gasteiger partial charge in [0.1, 0.15) is 22.2 Å². The van der Waals surface area contributed by atoms with Crippen LogP contribution in [0.15, 0.2) is 41.4 Å². The fraction of sp³-hybridized carbons (Fsp3) is 0.387. The number of nitro groups is 1. The van der Waals surface area contributed by atoms with Crippen LogP contribution in [0.3, 0.4) is 0 Å². The second kappa shape index (κ2) is 16.7. The van der Waals surface area contributed by atoms with Crippen LogP contribution in [0.2, 0.25) is 5.02 Å². The Balaban J connectivity index is 0.000000271. The molecule has 0 N–H and O–H groups in total. The van der Waals surface area contributed by atoms with E-state index in [2.05, 4.69) is 14.7 Å². The Morgan fingerprint density at radius 1 is 1.06 bits per heavy atom. The average Bonchev–Trinajstić information content (AvgIpc) is 3.55. The number of nitro benzene ring substituents is 1. The largest absolute Gasteiger partial charge is 0.487 e. The van der Waals surface area contributed by atoms with E-state index in [1.54, 1.807) is 20.8 Å². The zero-order valence-electron chi connectivity index (χ0n) is 26.5. The minimum Gasteiger partial charge on any atom is -0.487 e. The summed E-state index contributed by atoms with van der Waals surface area (Å²) in [5, 5.41) is 10.7. The van der Waals surface area contributed by atoms with Crippen molar-refractivity contribution < 1.29 is 59.1 Å². The molecule has 0 saturated heterocycles. The number of hydrogen-bond donors (Lipinski definition) is 0. The highest BCUT2D eigenvalue weighted by Crippen LogP contribution is 2.41. The van der Waals surface area contributed by atoms with Gasteiger partial charge in [0.15, 0.2) is 5.69 Å². The number of esters is 1. The number of benzene rings is 2. The summed E-state index contributed by atoms with van der Waals surface area (Å²) in [7, 11) is 0.982. The number of alkyl halides is 8. The van der Waals surface area contributed by atoms with Crippen molar-refractivity contribution in [2.75, 3.05) is 26.0 Å². The molecule has 272 valence electrons. The van der Waals surface area contributed by atoms with E-state index < -0.39 is 57.7 Å². The molecule has 0 fully saturated rings. The maximum Gasteiger partial charge on any atom is 0.434 e. The fourth-order valence-electron chi connectivity index (χ4n) is 4.54. The molecule has 0 spiro atoms. The van der Waals surface area contributed by atoms with Gasteiger partial charge in [-0.25, -0.2) is 18.6 Å². The predicted molar refractivity (Wildman–Crippen MR) is 169 cm³/mol. The van der Waals surface area contributed by atoms with Gasteiger partial charge in [0.25, 0.3) is 6.43 Å². The van der Waals surface area contributed by atoms with Crippen molar-refractivity contribution in [3.8, 4) is 17.2 Å². The Bertz CT molecular complexity index is 1750. The minimum atomic E-state index is -4.97. The second-order valence-corrected chi connectivity index (χ2v) is 12.1. The molecule has 0 amide bonds. The normalized spacial score (nSPS) is 13.1. The highest BCUT2D eigenvalue weighted by atomic mass is 35.5. The SMILES string of the molecule is CCOc1cc(Oc2ccc(C(F)(F)F)cc2Cl)ccc1[N+](=O)[O-].COC(=O)c1c(C(F)F)nc(C(F)(F)F)c(C2=NCCS2)c1CC(C)C. The van der Waals surface area contributed by atoms with Crippen LogP contribution >= 0.6 is 23.4 Å². The van der Waals surface area contributed by atoms with Crippen molar-refractivity contribution in [1.82, 2.24) is 4.98 Å². The number of nitrogens with zero attached hydrogens (tertiary/aromatic N) is 3. The van der Waals surface area contributed by atoms with E-state index in [0.717, 1.165) is 37.1 Å². The molecule has 1 aromatic heterocycles. The number of methoxy groups -OCH3 is 1. The first-order valence-electron chi connectivity index (χ1n) is 14.4. The molecule has 0 saturated carbocycles. The summed E-state index contributed by atoms with van der Waals surface area (Å²) in [5.74, 6) is -0.743. The minimum absolute atomic E-state index is 0.0111. The van der Waals surface area contributed by atoms with Crippen LogP contribution in [0.5, 0.6) is 17.2 Å². The van der Waals surface area contributed by atoms with E-state index in [9.17, 15) is 50.0 Å². The lowest BCUT2D eigenvalue weighted by atomic mass is 9.91. The number of carbonyl (C=O) groups is 1. The maximum absolute atomic E-state index is 13.6. The van der Waals surface area contributed by atoms with E-state index in [-0.39, 0.29) is 57.5 Å². The van der Waals surface area contributed by atoms with Crippen LogP contribution in [-0.4, -0.2) is 46.9 Å². The predicted octanol–water partition coefficient (Wildman–Crippen LogP) is 9.97. The molecule has 19 heteroatoms. The number of aliphatic imine (C=N–C) groups is 1. The Morgan fingerprint density at radius 2 is 1.74 bits per heavy atom. The third kappa shape index (κ3) is 9.95. The summed E-state index contributed by atoms with van der Waals surface area (Å²) in [6.45, 7) is 5.59. The molecule has 1 aliphatic heterocycles. The van der Waals surface area contributed by atoms with Crippen molar-refractivity contribution >= 4 is 40.1 Å². The maximum atomic E-state index is 13.6. The zero-order chi connectivity index (χ0) is 37.6. The van der Waals surface area contributed by atoms with E-state index in [0.29, 0.717) is 12.3 Å². The molecular weight excluding hydrogens is 730 g/mol. The van der Waals surface area contributed by atoms with E-state index in [1.807, 2.05) is 0 Å². The van der Waals surface area contributed by atoms with Gasteiger partial charge in [-0.3, -0.25) is 15.1 Å². The second-order valence-electron chi connectivity index (χ2n) is 10.6. The standard InChI is InChI=1S/C16H17F5N2O2S.C15H11ClF3NO4/c1-7(2)6-8-9(15(24)25-3)11(13(17)18)23-12(16(19,20)21)10(8)14-22-4-5-26-14;1-2-23-14-8-10(4-5-12(14)20(21)22)24-13-6-3-9(7-11(13)16)15(17,18)19/h7,13H,4-6H2,1-3H3;3-8H,2H2,1H3. The van der Waals surface area contributed by atoms with Crippen LogP contribution in [0, 0.1) is 16.0 Å².